The van der Waals surface area contributed by atoms with E-state index in [0.29, 0.717) is 14.9 Å². The SMILES string of the molecule is OCC1O[C@H](Sc2cc(Cl)ccc2Cl)[C@H](O)C(n2cc(-c3cc(F)c(F)c(F)c3)nn2)[C@H]1O. The summed E-state index contributed by atoms with van der Waals surface area (Å²) >= 11 is 13.2. The molecular formula is C20H16Cl2F3N3O4S. The summed E-state index contributed by atoms with van der Waals surface area (Å²) in [5.41, 5.74) is -1.12. The average Bonchev–Trinajstić information content (AvgIpc) is 3.26. The molecule has 2 aromatic carbocycles. The summed E-state index contributed by atoms with van der Waals surface area (Å²) < 4.78 is 47.2. The molecule has 3 N–H and O–H groups in total. The van der Waals surface area contributed by atoms with E-state index in [4.69, 9.17) is 27.9 Å². The number of benzene rings is 2. The van der Waals surface area contributed by atoms with E-state index in [9.17, 15) is 28.5 Å². The van der Waals surface area contributed by atoms with Gasteiger partial charge in [-0.1, -0.05) is 40.2 Å². The molecule has 0 spiro atoms. The first-order chi connectivity index (χ1) is 15.7. The molecule has 1 fully saturated rings. The first kappa shape index (κ1) is 24.3. The number of aromatic nitrogens is 3. The molecule has 4 rings (SSSR count). The standard InChI is InChI=1S/C20H16Cl2F3N3O4S/c21-9-1-2-10(22)15(5-9)33-20-19(31)17(18(30)14(7-29)32-20)28-6-13(26-27-28)8-3-11(23)16(25)12(24)4-8/h1-6,14,17-20,29-31H,7H2/t14?,17?,18-,19+,20+/m0/s1. The number of nitrogens with zero attached hydrogens (tertiary/aromatic N) is 3. The fourth-order valence-corrected chi connectivity index (χ4v) is 5.04. The van der Waals surface area contributed by atoms with Crippen molar-refractivity contribution in [3.63, 3.8) is 0 Å². The highest BCUT2D eigenvalue weighted by Gasteiger charge is 2.46. The molecule has 176 valence electrons. The van der Waals surface area contributed by atoms with E-state index in [2.05, 4.69) is 10.3 Å². The smallest absolute Gasteiger partial charge is 0.194 e. The van der Waals surface area contributed by atoms with Crippen LogP contribution in [-0.2, 0) is 4.74 Å². The molecule has 2 heterocycles. The summed E-state index contributed by atoms with van der Waals surface area (Å²) in [7, 11) is 0. The van der Waals surface area contributed by atoms with Gasteiger partial charge < -0.3 is 20.1 Å². The van der Waals surface area contributed by atoms with Gasteiger partial charge in [0.2, 0.25) is 0 Å². The van der Waals surface area contributed by atoms with Gasteiger partial charge in [0.25, 0.3) is 0 Å². The predicted octanol–water partition coefficient (Wildman–Crippen LogP) is 3.44. The van der Waals surface area contributed by atoms with Crippen molar-refractivity contribution in [1.29, 1.82) is 0 Å². The number of rotatable bonds is 5. The summed E-state index contributed by atoms with van der Waals surface area (Å²) in [6, 6.07) is 5.08. The second-order valence-electron chi connectivity index (χ2n) is 7.23. The zero-order valence-corrected chi connectivity index (χ0v) is 18.8. The Labute approximate surface area is 199 Å². The molecule has 13 heteroatoms. The van der Waals surface area contributed by atoms with Gasteiger partial charge in [0.1, 0.15) is 35.5 Å². The number of aliphatic hydroxyl groups is 3. The van der Waals surface area contributed by atoms with Crippen LogP contribution in [-0.4, -0.2) is 60.7 Å². The largest absolute Gasteiger partial charge is 0.394 e. The molecule has 33 heavy (non-hydrogen) atoms. The molecule has 0 radical (unpaired) electrons. The Kier molecular flexibility index (Phi) is 7.20. The molecular weight excluding hydrogens is 506 g/mol. The van der Waals surface area contributed by atoms with E-state index < -0.39 is 53.8 Å². The van der Waals surface area contributed by atoms with Gasteiger partial charge in [-0.15, -0.1) is 5.10 Å². The maximum absolute atomic E-state index is 13.6. The lowest BCUT2D eigenvalue weighted by atomic mass is 9.97. The molecule has 0 aliphatic carbocycles. The summed E-state index contributed by atoms with van der Waals surface area (Å²) in [5.74, 6) is -4.42. The van der Waals surface area contributed by atoms with Gasteiger partial charge in [-0.25, -0.2) is 17.9 Å². The minimum Gasteiger partial charge on any atom is -0.394 e. The summed E-state index contributed by atoms with van der Waals surface area (Å²) in [4.78, 5) is 0.497. The molecule has 0 saturated carbocycles. The van der Waals surface area contributed by atoms with Gasteiger partial charge in [0, 0.05) is 15.5 Å². The van der Waals surface area contributed by atoms with Crippen molar-refractivity contribution >= 4 is 35.0 Å². The Balaban J connectivity index is 1.65. The fourth-order valence-electron chi connectivity index (χ4n) is 3.43. The Hall–Kier alpha value is -1.86. The summed E-state index contributed by atoms with van der Waals surface area (Å²) in [6.45, 7) is -0.569. The first-order valence-electron chi connectivity index (χ1n) is 9.50. The second-order valence-corrected chi connectivity index (χ2v) is 9.21. The molecule has 2 unspecified atom stereocenters. The molecule has 3 aromatic rings. The van der Waals surface area contributed by atoms with Crippen LogP contribution in [0.25, 0.3) is 11.3 Å². The molecule has 5 atom stereocenters. The van der Waals surface area contributed by atoms with Crippen molar-refractivity contribution in [3.8, 4) is 11.3 Å². The first-order valence-corrected chi connectivity index (χ1v) is 11.1. The number of thioether (sulfide) groups is 1. The molecule has 1 aliphatic heterocycles. The zero-order valence-electron chi connectivity index (χ0n) is 16.4. The zero-order chi connectivity index (χ0) is 23.9. The third-order valence-electron chi connectivity index (χ3n) is 5.08. The fraction of sp³-hybridized carbons (Fsp3) is 0.300. The van der Waals surface area contributed by atoms with E-state index >= 15 is 0 Å². The molecule has 7 nitrogen and oxygen atoms in total. The minimum absolute atomic E-state index is 0.0265. The topological polar surface area (TPSA) is 101 Å². The van der Waals surface area contributed by atoms with Gasteiger partial charge in [0.05, 0.1) is 17.8 Å². The highest BCUT2D eigenvalue weighted by Crippen LogP contribution is 2.41. The third kappa shape index (κ3) is 4.85. The van der Waals surface area contributed by atoms with Crippen LogP contribution in [0.3, 0.4) is 0 Å². The highest BCUT2D eigenvalue weighted by molar-refractivity contribution is 8.00. The van der Waals surface area contributed by atoms with E-state index in [1.54, 1.807) is 18.2 Å². The van der Waals surface area contributed by atoms with Crippen LogP contribution in [0.5, 0.6) is 0 Å². The predicted molar refractivity (Wildman–Crippen MR) is 114 cm³/mol. The van der Waals surface area contributed by atoms with Crippen molar-refractivity contribution in [1.82, 2.24) is 15.0 Å². The van der Waals surface area contributed by atoms with Crippen LogP contribution in [0.2, 0.25) is 10.0 Å². The van der Waals surface area contributed by atoms with Gasteiger partial charge >= 0.3 is 0 Å². The van der Waals surface area contributed by atoms with E-state index in [1.165, 1.54) is 6.20 Å². The number of hydrogen-bond acceptors (Lipinski definition) is 7. The highest BCUT2D eigenvalue weighted by atomic mass is 35.5. The van der Waals surface area contributed by atoms with Crippen LogP contribution in [0.15, 0.2) is 41.4 Å². The lowest BCUT2D eigenvalue weighted by Crippen LogP contribution is -2.55. The monoisotopic (exact) mass is 521 g/mol. The Bertz CT molecular complexity index is 1150. The summed E-state index contributed by atoms with van der Waals surface area (Å²) in [6.07, 6.45) is -2.65. The van der Waals surface area contributed by atoms with E-state index in [0.717, 1.165) is 28.6 Å². The van der Waals surface area contributed by atoms with Crippen LogP contribution < -0.4 is 0 Å². The van der Waals surface area contributed by atoms with Crippen molar-refractivity contribution in [3.05, 3.63) is 64.0 Å². The van der Waals surface area contributed by atoms with Crippen molar-refractivity contribution in [2.75, 3.05) is 6.61 Å². The quantitative estimate of drug-likeness (QED) is 0.442. The lowest BCUT2D eigenvalue weighted by molar-refractivity contribution is -0.178. The third-order valence-corrected chi connectivity index (χ3v) is 6.97. The number of halogens is 5. The number of aliphatic hydroxyl groups excluding tert-OH is 3. The molecule has 1 aromatic heterocycles. The lowest BCUT2D eigenvalue weighted by Gasteiger charge is -2.41. The van der Waals surface area contributed by atoms with Crippen molar-refractivity contribution < 1.29 is 33.2 Å². The van der Waals surface area contributed by atoms with Gasteiger partial charge in [-0.3, -0.25) is 0 Å². The molecule has 0 bridgehead atoms. The Morgan fingerprint density at radius 2 is 1.76 bits per heavy atom. The van der Waals surface area contributed by atoms with Gasteiger partial charge in [-0.05, 0) is 30.3 Å². The maximum Gasteiger partial charge on any atom is 0.194 e. The maximum atomic E-state index is 13.6. The molecule has 1 saturated heterocycles. The van der Waals surface area contributed by atoms with Crippen LogP contribution in [0.4, 0.5) is 13.2 Å². The second kappa shape index (κ2) is 9.79. The van der Waals surface area contributed by atoms with Gasteiger partial charge in [0.15, 0.2) is 17.5 Å². The molecule has 1 aliphatic rings. The van der Waals surface area contributed by atoms with Crippen LogP contribution >= 0.6 is 35.0 Å². The van der Waals surface area contributed by atoms with Crippen LogP contribution in [0, 0.1) is 17.5 Å². The average molecular weight is 522 g/mol. The summed E-state index contributed by atoms with van der Waals surface area (Å²) in [5, 5.41) is 39.8. The van der Waals surface area contributed by atoms with E-state index in [1.807, 2.05) is 0 Å². The number of ether oxygens (including phenoxy) is 1. The van der Waals surface area contributed by atoms with Crippen molar-refractivity contribution in [2.45, 2.75) is 34.7 Å². The van der Waals surface area contributed by atoms with Gasteiger partial charge in [-0.2, -0.15) is 0 Å². The normalized spacial score (nSPS) is 25.4. The Morgan fingerprint density at radius 1 is 1.06 bits per heavy atom. The molecule has 0 amide bonds. The Morgan fingerprint density at radius 3 is 2.42 bits per heavy atom. The minimum atomic E-state index is -1.62. The number of hydrogen-bond donors (Lipinski definition) is 3. The van der Waals surface area contributed by atoms with E-state index in [-0.39, 0.29) is 11.3 Å². The van der Waals surface area contributed by atoms with Crippen LogP contribution in [0.1, 0.15) is 6.04 Å². The van der Waals surface area contributed by atoms with Crippen molar-refractivity contribution in [2.24, 2.45) is 0 Å².